The van der Waals surface area contributed by atoms with Crippen LogP contribution in [0.25, 0.3) is 0 Å². The van der Waals surface area contributed by atoms with Crippen LogP contribution in [0.5, 0.6) is 0 Å². The van der Waals surface area contributed by atoms with Gasteiger partial charge in [0.25, 0.3) is 0 Å². The van der Waals surface area contributed by atoms with Gasteiger partial charge < -0.3 is 16.0 Å². The van der Waals surface area contributed by atoms with Crippen molar-refractivity contribution in [1.82, 2.24) is 16.0 Å². The van der Waals surface area contributed by atoms with Crippen molar-refractivity contribution in [1.29, 1.82) is 0 Å². The summed E-state index contributed by atoms with van der Waals surface area (Å²) in [4.78, 5) is 23.4. The average Bonchev–Trinajstić information content (AvgIpc) is 2.46. The molecule has 1 aromatic carbocycles. The molecule has 0 bridgehead atoms. The van der Waals surface area contributed by atoms with Crippen molar-refractivity contribution in [3.05, 3.63) is 34.9 Å². The highest BCUT2D eigenvalue weighted by Gasteiger charge is 2.22. The summed E-state index contributed by atoms with van der Waals surface area (Å²) in [5.41, 5.74) is 0.839. The number of likely N-dealkylation sites (N-methyl/N-ethyl adjacent to an activating group) is 1. The molecule has 1 aromatic rings. The van der Waals surface area contributed by atoms with Gasteiger partial charge in [0.2, 0.25) is 5.91 Å². The number of urea groups is 1. The molecule has 3 amide bonds. The van der Waals surface area contributed by atoms with Crippen LogP contribution in [0.4, 0.5) is 4.79 Å². The molecular weight excluding hydrogens is 302 g/mol. The summed E-state index contributed by atoms with van der Waals surface area (Å²) < 4.78 is 0. The van der Waals surface area contributed by atoms with E-state index in [0.717, 1.165) is 5.56 Å². The number of hydrogen-bond donors (Lipinski definition) is 3. The Morgan fingerprint density at radius 1 is 1.18 bits per heavy atom. The lowest BCUT2D eigenvalue weighted by atomic mass is 9.85. The minimum atomic E-state index is -0.571. The summed E-state index contributed by atoms with van der Waals surface area (Å²) in [5, 5.41) is 8.76. The number of amides is 3. The zero-order valence-corrected chi connectivity index (χ0v) is 14.3. The summed E-state index contributed by atoms with van der Waals surface area (Å²) in [5.74, 6) is -0.199. The number of benzene rings is 1. The van der Waals surface area contributed by atoms with Gasteiger partial charge in [-0.3, -0.25) is 4.79 Å². The Kier molecular flexibility index (Phi) is 6.68. The van der Waals surface area contributed by atoms with Crippen LogP contribution in [-0.4, -0.2) is 31.1 Å². The molecule has 0 saturated heterocycles. The molecule has 0 unspecified atom stereocenters. The minimum absolute atomic E-state index is 0.199. The van der Waals surface area contributed by atoms with E-state index >= 15 is 0 Å². The highest BCUT2D eigenvalue weighted by Crippen LogP contribution is 2.23. The number of nitrogens with one attached hydrogen (secondary N) is 3. The van der Waals surface area contributed by atoms with Crippen LogP contribution in [0.15, 0.2) is 24.3 Å². The van der Waals surface area contributed by atoms with Crippen molar-refractivity contribution < 1.29 is 9.59 Å². The summed E-state index contributed by atoms with van der Waals surface area (Å²) in [6.45, 7) is 8.53. The second-order valence-corrected chi connectivity index (χ2v) is 6.27. The molecule has 6 heteroatoms. The van der Waals surface area contributed by atoms with E-state index in [4.69, 9.17) is 11.6 Å². The maximum Gasteiger partial charge on any atom is 0.315 e. The standard InChI is InChI=1S/C16H24ClN3O2/c1-5-18-14(21)11(2)20-15(22)19-10-16(3,4)12-6-8-13(17)9-7-12/h6-9,11H,5,10H2,1-4H3,(H,18,21)(H2,19,20,22)/t11-/m0/s1. The lowest BCUT2D eigenvalue weighted by molar-refractivity contribution is -0.122. The molecule has 1 atom stereocenters. The van der Waals surface area contributed by atoms with Crippen LogP contribution in [0, 0.1) is 0 Å². The van der Waals surface area contributed by atoms with Crippen LogP contribution < -0.4 is 16.0 Å². The van der Waals surface area contributed by atoms with Gasteiger partial charge in [0.05, 0.1) is 0 Å². The third kappa shape index (κ3) is 5.56. The Balaban J connectivity index is 2.52. The molecule has 0 heterocycles. The van der Waals surface area contributed by atoms with Crippen molar-refractivity contribution in [3.63, 3.8) is 0 Å². The smallest absolute Gasteiger partial charge is 0.315 e. The van der Waals surface area contributed by atoms with Crippen molar-refractivity contribution >= 4 is 23.5 Å². The highest BCUT2D eigenvalue weighted by atomic mass is 35.5. The van der Waals surface area contributed by atoms with Crippen LogP contribution >= 0.6 is 11.6 Å². The number of carbonyl (C=O) groups is 2. The Bertz CT molecular complexity index is 515. The topological polar surface area (TPSA) is 70.2 Å². The van der Waals surface area contributed by atoms with Crippen LogP contribution in [0.2, 0.25) is 5.02 Å². The normalized spacial score (nSPS) is 12.4. The van der Waals surface area contributed by atoms with Crippen LogP contribution in [0.1, 0.15) is 33.3 Å². The van der Waals surface area contributed by atoms with E-state index in [2.05, 4.69) is 16.0 Å². The Labute approximate surface area is 136 Å². The largest absolute Gasteiger partial charge is 0.355 e. The third-order valence-electron chi connectivity index (χ3n) is 3.41. The van der Waals surface area contributed by atoms with Gasteiger partial charge >= 0.3 is 6.03 Å². The van der Waals surface area contributed by atoms with Crippen LogP contribution in [0.3, 0.4) is 0 Å². The zero-order chi connectivity index (χ0) is 16.8. The first-order chi connectivity index (χ1) is 10.3. The first-order valence-electron chi connectivity index (χ1n) is 7.34. The molecule has 5 nitrogen and oxygen atoms in total. The van der Waals surface area contributed by atoms with Gasteiger partial charge in [0.15, 0.2) is 0 Å². The lowest BCUT2D eigenvalue weighted by Crippen LogP contribution is -2.50. The fourth-order valence-corrected chi connectivity index (χ4v) is 2.07. The van der Waals surface area contributed by atoms with Gasteiger partial charge in [-0.2, -0.15) is 0 Å². The molecule has 22 heavy (non-hydrogen) atoms. The Morgan fingerprint density at radius 2 is 1.77 bits per heavy atom. The van der Waals surface area contributed by atoms with Gasteiger partial charge in [-0.25, -0.2) is 4.79 Å². The van der Waals surface area contributed by atoms with Gasteiger partial charge in [0.1, 0.15) is 6.04 Å². The fraction of sp³-hybridized carbons (Fsp3) is 0.500. The van der Waals surface area contributed by atoms with E-state index in [1.807, 2.05) is 45.0 Å². The molecule has 0 aromatic heterocycles. The van der Waals surface area contributed by atoms with Gasteiger partial charge in [-0.05, 0) is 31.5 Å². The summed E-state index contributed by atoms with van der Waals surface area (Å²) in [7, 11) is 0. The summed E-state index contributed by atoms with van der Waals surface area (Å²) in [6.07, 6.45) is 0. The van der Waals surface area contributed by atoms with Crippen molar-refractivity contribution in [2.45, 2.75) is 39.2 Å². The van der Waals surface area contributed by atoms with E-state index in [-0.39, 0.29) is 17.4 Å². The molecular formula is C16H24ClN3O2. The zero-order valence-electron chi connectivity index (χ0n) is 13.5. The Hall–Kier alpha value is -1.75. The number of rotatable bonds is 6. The molecule has 1 rings (SSSR count). The van der Waals surface area contributed by atoms with Gasteiger partial charge in [0, 0.05) is 23.5 Å². The molecule has 0 spiro atoms. The molecule has 122 valence electrons. The van der Waals surface area contributed by atoms with Gasteiger partial charge in [-0.15, -0.1) is 0 Å². The lowest BCUT2D eigenvalue weighted by Gasteiger charge is -2.26. The average molecular weight is 326 g/mol. The predicted octanol–water partition coefficient (Wildman–Crippen LogP) is 2.44. The van der Waals surface area contributed by atoms with E-state index in [9.17, 15) is 9.59 Å². The molecule has 0 fully saturated rings. The number of carbonyl (C=O) groups excluding carboxylic acids is 2. The molecule has 0 saturated carbocycles. The van der Waals surface area contributed by atoms with E-state index in [1.54, 1.807) is 6.92 Å². The summed E-state index contributed by atoms with van der Waals surface area (Å²) in [6, 6.07) is 6.61. The van der Waals surface area contributed by atoms with E-state index in [0.29, 0.717) is 18.1 Å². The second-order valence-electron chi connectivity index (χ2n) is 5.83. The first kappa shape index (κ1) is 18.3. The molecule has 0 radical (unpaired) electrons. The van der Waals surface area contributed by atoms with Crippen molar-refractivity contribution in [3.8, 4) is 0 Å². The van der Waals surface area contributed by atoms with Crippen LogP contribution in [-0.2, 0) is 10.2 Å². The van der Waals surface area contributed by atoms with Gasteiger partial charge in [-0.1, -0.05) is 37.6 Å². The maximum atomic E-state index is 11.9. The third-order valence-corrected chi connectivity index (χ3v) is 3.66. The second kappa shape index (κ2) is 8.03. The quantitative estimate of drug-likeness (QED) is 0.752. The fourth-order valence-electron chi connectivity index (χ4n) is 1.94. The molecule has 0 aliphatic heterocycles. The Morgan fingerprint density at radius 3 is 2.32 bits per heavy atom. The molecule has 0 aliphatic carbocycles. The van der Waals surface area contributed by atoms with E-state index < -0.39 is 6.04 Å². The minimum Gasteiger partial charge on any atom is -0.355 e. The maximum absolute atomic E-state index is 11.9. The predicted molar refractivity (Wildman–Crippen MR) is 89.2 cm³/mol. The number of halogens is 1. The SMILES string of the molecule is CCNC(=O)[C@H](C)NC(=O)NCC(C)(C)c1ccc(Cl)cc1. The summed E-state index contributed by atoms with van der Waals surface area (Å²) >= 11 is 5.88. The first-order valence-corrected chi connectivity index (χ1v) is 7.72. The van der Waals surface area contributed by atoms with Crippen molar-refractivity contribution in [2.24, 2.45) is 0 Å². The monoisotopic (exact) mass is 325 g/mol. The highest BCUT2D eigenvalue weighted by molar-refractivity contribution is 6.30. The molecule has 3 N–H and O–H groups in total. The number of hydrogen-bond acceptors (Lipinski definition) is 2. The van der Waals surface area contributed by atoms with E-state index in [1.165, 1.54) is 0 Å². The van der Waals surface area contributed by atoms with Crippen molar-refractivity contribution in [2.75, 3.05) is 13.1 Å². The molecule has 0 aliphatic rings.